The predicted octanol–water partition coefficient (Wildman–Crippen LogP) is 0.540. The molecule has 0 saturated carbocycles. The SMILES string of the molecule is O=C(Nc1ccccc1N1CCCC1=O)N1CCN(S(=O)(=O)N2CCOCC2)CC1. The van der Waals surface area contributed by atoms with Gasteiger partial charge in [0.25, 0.3) is 10.2 Å². The van der Waals surface area contributed by atoms with Crippen LogP contribution in [0.15, 0.2) is 24.3 Å². The molecule has 3 saturated heterocycles. The van der Waals surface area contributed by atoms with E-state index in [2.05, 4.69) is 5.32 Å². The fourth-order valence-electron chi connectivity index (χ4n) is 3.97. The third kappa shape index (κ3) is 4.29. The Hall–Kier alpha value is -2.21. The molecular weight excluding hydrogens is 410 g/mol. The quantitative estimate of drug-likeness (QED) is 0.741. The second-order valence-electron chi connectivity index (χ2n) is 7.50. The third-order valence-corrected chi connectivity index (χ3v) is 7.69. The van der Waals surface area contributed by atoms with Crippen LogP contribution in [-0.4, -0.2) is 92.9 Å². The van der Waals surface area contributed by atoms with Gasteiger partial charge in [-0.25, -0.2) is 4.79 Å². The van der Waals surface area contributed by atoms with Crippen molar-refractivity contribution in [2.75, 3.05) is 69.2 Å². The Morgan fingerprint density at radius 2 is 1.60 bits per heavy atom. The predicted molar refractivity (Wildman–Crippen MR) is 112 cm³/mol. The van der Waals surface area contributed by atoms with E-state index in [4.69, 9.17) is 4.74 Å². The number of carbonyl (C=O) groups excluding carboxylic acids is 2. The van der Waals surface area contributed by atoms with Crippen LogP contribution in [0.2, 0.25) is 0 Å². The molecule has 0 spiro atoms. The lowest BCUT2D eigenvalue weighted by Crippen LogP contribution is -2.56. The van der Waals surface area contributed by atoms with Crippen LogP contribution in [0.5, 0.6) is 0 Å². The van der Waals surface area contributed by atoms with Crippen molar-refractivity contribution >= 4 is 33.5 Å². The fraction of sp³-hybridized carbons (Fsp3) is 0.579. The summed E-state index contributed by atoms with van der Waals surface area (Å²) in [6.07, 6.45) is 1.32. The van der Waals surface area contributed by atoms with Gasteiger partial charge < -0.3 is 19.9 Å². The highest BCUT2D eigenvalue weighted by atomic mass is 32.2. The summed E-state index contributed by atoms with van der Waals surface area (Å²) in [7, 11) is -3.53. The monoisotopic (exact) mass is 437 g/mol. The first-order valence-corrected chi connectivity index (χ1v) is 11.6. The fourth-order valence-corrected chi connectivity index (χ4v) is 5.54. The number of amides is 3. The van der Waals surface area contributed by atoms with Gasteiger partial charge in [-0.05, 0) is 18.6 Å². The number of rotatable bonds is 4. The summed E-state index contributed by atoms with van der Waals surface area (Å²) in [6, 6.07) is 6.96. The molecule has 0 atom stereocenters. The molecule has 3 fully saturated rings. The summed E-state index contributed by atoms with van der Waals surface area (Å²) in [5.41, 5.74) is 1.28. The number of carbonyl (C=O) groups is 2. The number of urea groups is 1. The van der Waals surface area contributed by atoms with Crippen LogP contribution < -0.4 is 10.2 Å². The normalized spacial score (nSPS) is 21.8. The standard InChI is InChI=1S/C19H27N5O5S/c25-18-6-3-7-24(18)17-5-2-1-4-16(17)20-19(26)21-8-10-22(11-9-21)30(27,28)23-12-14-29-15-13-23/h1-2,4-5H,3,6-15H2,(H,20,26). The molecule has 0 radical (unpaired) electrons. The number of nitrogens with one attached hydrogen (secondary N) is 1. The molecule has 1 aromatic carbocycles. The van der Waals surface area contributed by atoms with Gasteiger partial charge in [0.2, 0.25) is 5.91 Å². The van der Waals surface area contributed by atoms with Crippen LogP contribution in [0, 0.1) is 0 Å². The van der Waals surface area contributed by atoms with Gasteiger partial charge in [0.1, 0.15) is 0 Å². The minimum atomic E-state index is -3.53. The lowest BCUT2D eigenvalue weighted by molar-refractivity contribution is -0.117. The molecule has 0 aromatic heterocycles. The first kappa shape index (κ1) is 21.0. The topological polar surface area (TPSA) is 102 Å². The zero-order valence-electron chi connectivity index (χ0n) is 16.8. The van der Waals surface area contributed by atoms with Crippen LogP contribution in [0.3, 0.4) is 0 Å². The van der Waals surface area contributed by atoms with E-state index in [1.807, 2.05) is 18.2 Å². The van der Waals surface area contributed by atoms with E-state index in [9.17, 15) is 18.0 Å². The molecule has 0 aliphatic carbocycles. The summed E-state index contributed by atoms with van der Waals surface area (Å²) in [5, 5.41) is 2.89. The van der Waals surface area contributed by atoms with Crippen molar-refractivity contribution < 1.29 is 22.7 Å². The summed E-state index contributed by atoms with van der Waals surface area (Å²) in [6.45, 7) is 3.27. The number of piperazine rings is 1. The van der Waals surface area contributed by atoms with Gasteiger partial charge >= 0.3 is 6.03 Å². The Morgan fingerprint density at radius 3 is 2.27 bits per heavy atom. The second kappa shape index (κ2) is 8.88. The van der Waals surface area contributed by atoms with Crippen molar-refractivity contribution in [3.05, 3.63) is 24.3 Å². The van der Waals surface area contributed by atoms with Crippen LogP contribution in [0.4, 0.5) is 16.2 Å². The molecule has 10 nitrogen and oxygen atoms in total. The number of para-hydroxylation sites is 2. The maximum atomic E-state index is 12.8. The Labute approximate surface area is 176 Å². The van der Waals surface area contributed by atoms with Gasteiger partial charge in [0, 0.05) is 52.2 Å². The maximum absolute atomic E-state index is 12.8. The average molecular weight is 438 g/mol. The highest BCUT2D eigenvalue weighted by Gasteiger charge is 2.34. The third-order valence-electron chi connectivity index (χ3n) is 5.66. The lowest BCUT2D eigenvalue weighted by Gasteiger charge is -2.37. The second-order valence-corrected chi connectivity index (χ2v) is 9.43. The van der Waals surface area contributed by atoms with Crippen LogP contribution >= 0.6 is 0 Å². The molecule has 4 rings (SSSR count). The summed E-state index contributed by atoms with van der Waals surface area (Å²) < 4.78 is 33.6. The molecule has 11 heteroatoms. The molecule has 30 heavy (non-hydrogen) atoms. The minimum Gasteiger partial charge on any atom is -0.379 e. The summed E-state index contributed by atoms with van der Waals surface area (Å²) in [4.78, 5) is 28.2. The van der Waals surface area contributed by atoms with Crippen molar-refractivity contribution in [2.24, 2.45) is 0 Å². The number of morpholine rings is 1. The zero-order chi connectivity index (χ0) is 21.1. The molecule has 3 amide bonds. The maximum Gasteiger partial charge on any atom is 0.321 e. The Morgan fingerprint density at radius 1 is 0.933 bits per heavy atom. The van der Waals surface area contributed by atoms with E-state index < -0.39 is 10.2 Å². The van der Waals surface area contributed by atoms with E-state index in [0.29, 0.717) is 63.7 Å². The summed E-state index contributed by atoms with van der Waals surface area (Å²) in [5.74, 6) is 0.0543. The number of hydrogen-bond acceptors (Lipinski definition) is 5. The van der Waals surface area contributed by atoms with E-state index in [1.165, 1.54) is 8.61 Å². The van der Waals surface area contributed by atoms with Gasteiger partial charge in [-0.1, -0.05) is 12.1 Å². The van der Waals surface area contributed by atoms with Gasteiger partial charge in [0.15, 0.2) is 0 Å². The number of nitrogens with zero attached hydrogens (tertiary/aromatic N) is 4. The van der Waals surface area contributed by atoms with Crippen LogP contribution in [-0.2, 0) is 19.7 Å². The first-order valence-electron chi connectivity index (χ1n) is 10.2. The largest absolute Gasteiger partial charge is 0.379 e. The Bertz CT molecular complexity index is 894. The average Bonchev–Trinajstić information content (AvgIpc) is 3.20. The van der Waals surface area contributed by atoms with E-state index in [1.54, 1.807) is 15.9 Å². The molecule has 3 heterocycles. The smallest absolute Gasteiger partial charge is 0.321 e. The molecule has 3 aliphatic rings. The van der Waals surface area contributed by atoms with Gasteiger partial charge in [-0.2, -0.15) is 17.0 Å². The zero-order valence-corrected chi connectivity index (χ0v) is 17.6. The van der Waals surface area contributed by atoms with Gasteiger partial charge in [0.05, 0.1) is 24.6 Å². The molecule has 164 valence electrons. The highest BCUT2D eigenvalue weighted by molar-refractivity contribution is 7.86. The lowest BCUT2D eigenvalue weighted by atomic mass is 10.2. The number of hydrogen-bond donors (Lipinski definition) is 1. The molecule has 1 aromatic rings. The minimum absolute atomic E-state index is 0.0543. The molecule has 3 aliphatic heterocycles. The van der Waals surface area contributed by atoms with Gasteiger partial charge in [-0.15, -0.1) is 0 Å². The number of benzene rings is 1. The van der Waals surface area contributed by atoms with E-state index >= 15 is 0 Å². The molecule has 1 N–H and O–H groups in total. The van der Waals surface area contributed by atoms with Crippen molar-refractivity contribution in [2.45, 2.75) is 12.8 Å². The highest BCUT2D eigenvalue weighted by Crippen LogP contribution is 2.29. The van der Waals surface area contributed by atoms with E-state index in [0.717, 1.165) is 6.42 Å². The molecular formula is C19H27N5O5S. The molecule has 0 bridgehead atoms. The van der Waals surface area contributed by atoms with Crippen LogP contribution in [0.1, 0.15) is 12.8 Å². The molecule has 0 unspecified atom stereocenters. The first-order chi connectivity index (χ1) is 14.5. The van der Waals surface area contributed by atoms with Crippen molar-refractivity contribution in [1.29, 1.82) is 0 Å². The van der Waals surface area contributed by atoms with Crippen molar-refractivity contribution in [3.63, 3.8) is 0 Å². The van der Waals surface area contributed by atoms with Crippen LogP contribution in [0.25, 0.3) is 0 Å². The van der Waals surface area contributed by atoms with E-state index in [-0.39, 0.29) is 25.0 Å². The van der Waals surface area contributed by atoms with Gasteiger partial charge in [-0.3, -0.25) is 4.79 Å². The van der Waals surface area contributed by atoms with Crippen molar-refractivity contribution in [1.82, 2.24) is 13.5 Å². The number of anilines is 2. The Kier molecular flexibility index (Phi) is 6.23. The number of ether oxygens (including phenoxy) is 1. The Balaban J connectivity index is 1.37. The summed E-state index contributed by atoms with van der Waals surface area (Å²) >= 11 is 0. The van der Waals surface area contributed by atoms with Crippen molar-refractivity contribution in [3.8, 4) is 0 Å².